The molecular formula is C13H21N5O. The van der Waals surface area contributed by atoms with Crippen molar-refractivity contribution in [2.75, 3.05) is 19.6 Å². The van der Waals surface area contributed by atoms with E-state index < -0.39 is 0 Å². The number of aromatic nitrogens is 3. The lowest BCUT2D eigenvalue weighted by Crippen LogP contribution is -2.47. The third kappa shape index (κ3) is 2.49. The lowest BCUT2D eigenvalue weighted by Gasteiger charge is -2.33. The van der Waals surface area contributed by atoms with E-state index in [0.29, 0.717) is 5.92 Å². The summed E-state index contributed by atoms with van der Waals surface area (Å²) < 4.78 is 1.96. The molecule has 1 unspecified atom stereocenters. The lowest BCUT2D eigenvalue weighted by atomic mass is 9.96. The van der Waals surface area contributed by atoms with Gasteiger partial charge in [-0.15, -0.1) is 10.2 Å². The molecule has 1 amide bonds. The Balaban J connectivity index is 1.68. The summed E-state index contributed by atoms with van der Waals surface area (Å²) in [4.78, 5) is 14.4. The summed E-state index contributed by atoms with van der Waals surface area (Å²) in [5, 5.41) is 11.4. The number of likely N-dealkylation sites (tertiary alicyclic amines) is 1. The number of rotatable bonds is 2. The van der Waals surface area contributed by atoms with Crippen molar-refractivity contribution < 1.29 is 4.79 Å². The number of hydrogen-bond acceptors (Lipinski definition) is 4. The quantitative estimate of drug-likeness (QED) is 0.832. The molecule has 0 aliphatic carbocycles. The minimum absolute atomic E-state index is 0.0400. The fraction of sp³-hybridized carbons (Fsp3) is 0.769. The van der Waals surface area contributed by atoms with Crippen molar-refractivity contribution >= 4 is 5.91 Å². The molecule has 104 valence electrons. The van der Waals surface area contributed by atoms with Crippen molar-refractivity contribution in [2.24, 2.45) is 7.05 Å². The minimum atomic E-state index is 0.0400. The van der Waals surface area contributed by atoms with E-state index in [4.69, 9.17) is 0 Å². The fourth-order valence-corrected chi connectivity index (χ4v) is 3.17. The average Bonchev–Trinajstić information content (AvgIpc) is 3.09. The van der Waals surface area contributed by atoms with Crippen LogP contribution < -0.4 is 5.32 Å². The molecule has 19 heavy (non-hydrogen) atoms. The Bertz CT molecular complexity index is 452. The Kier molecular flexibility index (Phi) is 3.50. The number of hydrogen-bond donors (Lipinski definition) is 1. The van der Waals surface area contributed by atoms with Crippen molar-refractivity contribution in [1.29, 1.82) is 0 Å². The van der Waals surface area contributed by atoms with Crippen LogP contribution in [0.2, 0.25) is 0 Å². The average molecular weight is 263 g/mol. The van der Waals surface area contributed by atoms with E-state index >= 15 is 0 Å². The number of carbonyl (C=O) groups excluding carboxylic acids is 1. The Hall–Kier alpha value is -1.43. The van der Waals surface area contributed by atoms with Gasteiger partial charge in [0.1, 0.15) is 12.2 Å². The van der Waals surface area contributed by atoms with E-state index in [0.717, 1.165) is 51.1 Å². The van der Waals surface area contributed by atoms with Gasteiger partial charge in [0.05, 0.1) is 6.04 Å². The van der Waals surface area contributed by atoms with Crippen LogP contribution in [-0.4, -0.2) is 51.2 Å². The van der Waals surface area contributed by atoms with Gasteiger partial charge in [0.2, 0.25) is 5.91 Å². The Morgan fingerprint density at radius 2 is 2.32 bits per heavy atom. The molecule has 0 saturated carbocycles. The maximum absolute atomic E-state index is 12.4. The first-order chi connectivity index (χ1) is 9.25. The van der Waals surface area contributed by atoms with Crippen molar-refractivity contribution in [3.63, 3.8) is 0 Å². The van der Waals surface area contributed by atoms with E-state index in [1.54, 1.807) is 6.33 Å². The van der Waals surface area contributed by atoms with Gasteiger partial charge in [0, 0.05) is 26.1 Å². The molecule has 0 spiro atoms. The van der Waals surface area contributed by atoms with E-state index in [2.05, 4.69) is 15.5 Å². The normalized spacial score (nSPS) is 27.7. The predicted octanol–water partition coefficient (Wildman–Crippen LogP) is 0.273. The highest BCUT2D eigenvalue weighted by molar-refractivity contribution is 5.82. The SMILES string of the molecule is Cn1cnnc1C1CCCN(C(=O)[C@H]2CCCN2)C1. The number of nitrogens with zero attached hydrogens (tertiary/aromatic N) is 4. The van der Waals surface area contributed by atoms with Crippen LogP contribution in [-0.2, 0) is 11.8 Å². The Morgan fingerprint density at radius 3 is 3.00 bits per heavy atom. The molecule has 6 nitrogen and oxygen atoms in total. The van der Waals surface area contributed by atoms with E-state index in [1.807, 2.05) is 16.5 Å². The van der Waals surface area contributed by atoms with Crippen LogP contribution in [0.4, 0.5) is 0 Å². The van der Waals surface area contributed by atoms with Gasteiger partial charge >= 0.3 is 0 Å². The molecule has 0 bridgehead atoms. The van der Waals surface area contributed by atoms with Crippen LogP contribution in [0.1, 0.15) is 37.4 Å². The number of piperidine rings is 1. The molecule has 1 N–H and O–H groups in total. The van der Waals surface area contributed by atoms with Gasteiger partial charge in [0.25, 0.3) is 0 Å². The van der Waals surface area contributed by atoms with E-state index in [-0.39, 0.29) is 11.9 Å². The molecular weight excluding hydrogens is 242 g/mol. The number of aryl methyl sites for hydroxylation is 1. The summed E-state index contributed by atoms with van der Waals surface area (Å²) in [7, 11) is 1.97. The number of nitrogens with one attached hydrogen (secondary N) is 1. The fourth-order valence-electron chi connectivity index (χ4n) is 3.17. The van der Waals surface area contributed by atoms with Crippen molar-refractivity contribution in [2.45, 2.75) is 37.6 Å². The minimum Gasteiger partial charge on any atom is -0.341 e. The zero-order valence-corrected chi connectivity index (χ0v) is 11.4. The van der Waals surface area contributed by atoms with Gasteiger partial charge in [0.15, 0.2) is 0 Å². The predicted molar refractivity (Wildman–Crippen MR) is 70.6 cm³/mol. The summed E-state index contributed by atoms with van der Waals surface area (Å²) in [5.41, 5.74) is 0. The molecule has 2 saturated heterocycles. The molecule has 0 aromatic carbocycles. The van der Waals surface area contributed by atoms with Gasteiger partial charge in [-0.1, -0.05) is 0 Å². The molecule has 6 heteroatoms. The maximum atomic E-state index is 12.4. The molecule has 2 fully saturated rings. The van der Waals surface area contributed by atoms with Gasteiger partial charge in [-0.05, 0) is 32.2 Å². The van der Waals surface area contributed by atoms with Crippen LogP contribution >= 0.6 is 0 Å². The van der Waals surface area contributed by atoms with Gasteiger partial charge < -0.3 is 14.8 Å². The van der Waals surface area contributed by atoms with Crippen molar-refractivity contribution in [3.05, 3.63) is 12.2 Å². The van der Waals surface area contributed by atoms with Crippen LogP contribution in [0.3, 0.4) is 0 Å². The second-order valence-electron chi connectivity index (χ2n) is 5.57. The van der Waals surface area contributed by atoms with Gasteiger partial charge in [-0.25, -0.2) is 0 Å². The summed E-state index contributed by atoms with van der Waals surface area (Å²) in [6.45, 7) is 2.63. The highest BCUT2D eigenvalue weighted by atomic mass is 16.2. The Morgan fingerprint density at radius 1 is 1.42 bits per heavy atom. The number of carbonyl (C=O) groups is 1. The van der Waals surface area contributed by atoms with E-state index in [1.165, 1.54) is 0 Å². The smallest absolute Gasteiger partial charge is 0.239 e. The molecule has 2 aliphatic heterocycles. The maximum Gasteiger partial charge on any atom is 0.239 e. The first-order valence-electron chi connectivity index (χ1n) is 7.12. The summed E-state index contributed by atoms with van der Waals surface area (Å²) >= 11 is 0. The van der Waals surface area contributed by atoms with Crippen molar-refractivity contribution in [3.8, 4) is 0 Å². The second-order valence-corrected chi connectivity index (χ2v) is 5.57. The van der Waals surface area contributed by atoms with E-state index in [9.17, 15) is 4.79 Å². The molecule has 1 aromatic rings. The lowest BCUT2D eigenvalue weighted by molar-refractivity contribution is -0.134. The monoisotopic (exact) mass is 263 g/mol. The topological polar surface area (TPSA) is 63.1 Å². The van der Waals surface area contributed by atoms with Gasteiger partial charge in [-0.3, -0.25) is 4.79 Å². The summed E-state index contributed by atoms with van der Waals surface area (Å²) in [5.74, 6) is 1.59. The first kappa shape index (κ1) is 12.6. The third-order valence-corrected chi connectivity index (χ3v) is 4.20. The summed E-state index contributed by atoms with van der Waals surface area (Å²) in [6, 6.07) is 0.0400. The molecule has 3 rings (SSSR count). The second kappa shape index (κ2) is 5.28. The highest BCUT2D eigenvalue weighted by Gasteiger charge is 2.32. The highest BCUT2D eigenvalue weighted by Crippen LogP contribution is 2.26. The summed E-state index contributed by atoms with van der Waals surface area (Å²) in [6.07, 6.45) is 5.96. The zero-order chi connectivity index (χ0) is 13.2. The molecule has 3 heterocycles. The third-order valence-electron chi connectivity index (χ3n) is 4.20. The zero-order valence-electron chi connectivity index (χ0n) is 11.4. The van der Waals surface area contributed by atoms with Crippen molar-refractivity contribution in [1.82, 2.24) is 25.0 Å². The Labute approximate surface area is 113 Å². The first-order valence-corrected chi connectivity index (χ1v) is 7.12. The molecule has 0 radical (unpaired) electrons. The largest absolute Gasteiger partial charge is 0.341 e. The molecule has 1 aromatic heterocycles. The van der Waals surface area contributed by atoms with Gasteiger partial charge in [-0.2, -0.15) is 0 Å². The van der Waals surface area contributed by atoms with Crippen LogP contribution in [0, 0.1) is 0 Å². The molecule has 2 atom stereocenters. The van der Waals surface area contributed by atoms with Crippen LogP contribution in [0.15, 0.2) is 6.33 Å². The molecule has 2 aliphatic rings. The van der Waals surface area contributed by atoms with Crippen LogP contribution in [0.5, 0.6) is 0 Å². The number of amides is 1. The van der Waals surface area contributed by atoms with Crippen LogP contribution in [0.25, 0.3) is 0 Å². The standard InChI is InChI=1S/C13H21N5O/c1-17-9-15-16-12(17)10-4-3-7-18(8-10)13(19)11-5-2-6-14-11/h9-11,14H,2-8H2,1H3/t10?,11-/m1/s1.